The summed E-state index contributed by atoms with van der Waals surface area (Å²) in [5.74, 6) is 0.288. The number of carboxylic acid groups (broad SMARTS) is 1. The van der Waals surface area contributed by atoms with Crippen LogP contribution in [0.5, 0.6) is 0 Å². The highest BCUT2D eigenvalue weighted by molar-refractivity contribution is 5.74. The molecule has 2 amide bonds. The van der Waals surface area contributed by atoms with E-state index in [1.807, 2.05) is 12.1 Å². The molecule has 0 atom stereocenters. The number of aliphatic carboxylic acids is 1. The molecule has 1 aromatic heterocycles. The van der Waals surface area contributed by atoms with Crippen molar-refractivity contribution in [2.75, 3.05) is 19.6 Å². The molecule has 1 fully saturated rings. The number of hydrogen-bond acceptors (Lipinski definition) is 3. The zero-order valence-electron chi connectivity index (χ0n) is 11.4. The number of amides is 2. The van der Waals surface area contributed by atoms with Gasteiger partial charge in [-0.2, -0.15) is 0 Å². The third-order valence-electron chi connectivity index (χ3n) is 3.59. The summed E-state index contributed by atoms with van der Waals surface area (Å²) in [6, 6.07) is 3.62. The largest absolute Gasteiger partial charge is 0.481 e. The van der Waals surface area contributed by atoms with Crippen LogP contribution in [0.25, 0.3) is 0 Å². The minimum atomic E-state index is -0.758. The van der Waals surface area contributed by atoms with Crippen molar-refractivity contribution >= 4 is 12.0 Å². The first-order valence-electron chi connectivity index (χ1n) is 6.92. The molecule has 0 unspecified atom stereocenters. The second-order valence-corrected chi connectivity index (χ2v) is 5.09. The maximum Gasteiger partial charge on any atom is 0.317 e. The fourth-order valence-electron chi connectivity index (χ4n) is 2.45. The summed E-state index contributed by atoms with van der Waals surface area (Å²) in [4.78, 5) is 24.3. The Balaban J connectivity index is 1.65. The van der Waals surface area contributed by atoms with Crippen molar-refractivity contribution in [2.24, 2.45) is 5.92 Å². The molecule has 0 aromatic carbocycles. The average molecular weight is 280 g/mol. The maximum atomic E-state index is 11.9. The lowest BCUT2D eigenvalue weighted by Crippen LogP contribution is -2.45. The molecule has 0 bridgehead atoms. The van der Waals surface area contributed by atoms with Crippen LogP contribution >= 0.6 is 0 Å². The molecule has 6 heteroatoms. The van der Waals surface area contributed by atoms with Gasteiger partial charge in [0, 0.05) is 32.5 Å². The molecule has 1 aromatic rings. The van der Waals surface area contributed by atoms with Crippen LogP contribution in [0.3, 0.4) is 0 Å². The van der Waals surface area contributed by atoms with Crippen molar-refractivity contribution in [3.63, 3.8) is 0 Å². The summed E-state index contributed by atoms with van der Waals surface area (Å²) in [5.41, 5.74) is 0. The van der Waals surface area contributed by atoms with Crippen LogP contribution in [0.1, 0.15) is 25.0 Å². The number of furan rings is 1. The van der Waals surface area contributed by atoms with Gasteiger partial charge in [0.2, 0.25) is 0 Å². The number of carbonyl (C=O) groups excluding carboxylic acids is 1. The number of carbonyl (C=O) groups is 2. The molecule has 1 aliphatic rings. The molecular formula is C14H20N2O4. The van der Waals surface area contributed by atoms with Gasteiger partial charge in [0.25, 0.3) is 0 Å². The van der Waals surface area contributed by atoms with E-state index in [2.05, 4.69) is 5.32 Å². The van der Waals surface area contributed by atoms with Crippen LogP contribution in [0.15, 0.2) is 22.8 Å². The second kappa shape index (κ2) is 6.98. The highest BCUT2D eigenvalue weighted by atomic mass is 16.4. The number of carboxylic acids is 1. The third kappa shape index (κ3) is 4.29. The van der Waals surface area contributed by atoms with Crippen LogP contribution in [-0.4, -0.2) is 41.6 Å². The first kappa shape index (κ1) is 14.4. The molecule has 2 N–H and O–H groups in total. The van der Waals surface area contributed by atoms with E-state index in [4.69, 9.17) is 9.52 Å². The number of piperidine rings is 1. The first-order valence-corrected chi connectivity index (χ1v) is 6.92. The second-order valence-electron chi connectivity index (χ2n) is 5.09. The molecule has 1 aliphatic heterocycles. The SMILES string of the molecule is O=C(O)CC1CCN(C(=O)NCCc2ccco2)CC1. The summed E-state index contributed by atoms with van der Waals surface area (Å²) in [7, 11) is 0. The Morgan fingerprint density at radius 1 is 1.40 bits per heavy atom. The smallest absolute Gasteiger partial charge is 0.317 e. The summed E-state index contributed by atoms with van der Waals surface area (Å²) < 4.78 is 5.19. The normalized spacial score (nSPS) is 16.1. The van der Waals surface area contributed by atoms with Crippen molar-refractivity contribution in [1.29, 1.82) is 0 Å². The fraction of sp³-hybridized carbons (Fsp3) is 0.571. The number of urea groups is 1. The first-order chi connectivity index (χ1) is 9.65. The molecule has 0 aliphatic carbocycles. The van der Waals surface area contributed by atoms with Crippen LogP contribution in [-0.2, 0) is 11.2 Å². The van der Waals surface area contributed by atoms with Gasteiger partial charge in [-0.1, -0.05) is 0 Å². The van der Waals surface area contributed by atoms with E-state index in [9.17, 15) is 9.59 Å². The van der Waals surface area contributed by atoms with Crippen molar-refractivity contribution in [3.05, 3.63) is 24.2 Å². The molecule has 1 saturated heterocycles. The predicted molar refractivity (Wildman–Crippen MR) is 72.4 cm³/mol. The molecule has 2 rings (SSSR count). The molecular weight excluding hydrogens is 260 g/mol. The van der Waals surface area contributed by atoms with Crippen LogP contribution in [0.4, 0.5) is 4.79 Å². The van der Waals surface area contributed by atoms with Gasteiger partial charge < -0.3 is 19.7 Å². The Bertz CT molecular complexity index is 436. The predicted octanol–water partition coefficient (Wildman–Crippen LogP) is 1.72. The van der Waals surface area contributed by atoms with Gasteiger partial charge in [0.15, 0.2) is 0 Å². The Morgan fingerprint density at radius 3 is 2.75 bits per heavy atom. The Morgan fingerprint density at radius 2 is 2.15 bits per heavy atom. The number of nitrogens with zero attached hydrogens (tertiary/aromatic N) is 1. The number of hydrogen-bond donors (Lipinski definition) is 2. The Hall–Kier alpha value is -1.98. The molecule has 2 heterocycles. The van der Waals surface area contributed by atoms with Crippen molar-refractivity contribution < 1.29 is 19.1 Å². The van der Waals surface area contributed by atoms with Gasteiger partial charge in [-0.3, -0.25) is 4.79 Å². The lowest BCUT2D eigenvalue weighted by atomic mass is 9.94. The minimum Gasteiger partial charge on any atom is -0.481 e. The molecule has 0 saturated carbocycles. The van der Waals surface area contributed by atoms with Gasteiger partial charge >= 0.3 is 12.0 Å². The van der Waals surface area contributed by atoms with Gasteiger partial charge in [-0.15, -0.1) is 0 Å². The van der Waals surface area contributed by atoms with E-state index in [1.165, 1.54) is 0 Å². The average Bonchev–Trinajstić information content (AvgIpc) is 2.92. The summed E-state index contributed by atoms with van der Waals surface area (Å²) in [5, 5.41) is 11.6. The standard InChI is InChI=1S/C14H20N2O4/c17-13(18)10-11-4-7-16(8-5-11)14(19)15-6-3-12-2-1-9-20-12/h1-2,9,11H,3-8,10H2,(H,15,19)(H,17,18). The van der Waals surface area contributed by atoms with E-state index in [1.54, 1.807) is 11.2 Å². The highest BCUT2D eigenvalue weighted by Crippen LogP contribution is 2.20. The number of nitrogens with one attached hydrogen (secondary N) is 1. The van der Waals surface area contributed by atoms with Crippen LogP contribution < -0.4 is 5.32 Å². The molecule has 110 valence electrons. The van der Waals surface area contributed by atoms with Crippen molar-refractivity contribution in [3.8, 4) is 0 Å². The van der Waals surface area contributed by atoms with Crippen molar-refractivity contribution in [2.45, 2.75) is 25.7 Å². The van der Waals surface area contributed by atoms with Crippen LogP contribution in [0.2, 0.25) is 0 Å². The molecule has 20 heavy (non-hydrogen) atoms. The lowest BCUT2D eigenvalue weighted by molar-refractivity contribution is -0.138. The summed E-state index contributed by atoms with van der Waals surface area (Å²) >= 11 is 0. The van der Waals surface area contributed by atoms with E-state index in [-0.39, 0.29) is 18.4 Å². The number of likely N-dealkylation sites (tertiary alicyclic amines) is 1. The third-order valence-corrected chi connectivity index (χ3v) is 3.59. The monoisotopic (exact) mass is 280 g/mol. The zero-order chi connectivity index (χ0) is 14.4. The van der Waals surface area contributed by atoms with Gasteiger partial charge in [0.05, 0.1) is 6.26 Å². The molecule has 6 nitrogen and oxygen atoms in total. The van der Waals surface area contributed by atoms with E-state index in [0.717, 1.165) is 18.6 Å². The topological polar surface area (TPSA) is 82.8 Å². The molecule has 0 radical (unpaired) electrons. The molecule has 0 spiro atoms. The maximum absolute atomic E-state index is 11.9. The summed E-state index contributed by atoms with van der Waals surface area (Å²) in [6.07, 6.45) is 4.02. The van der Waals surface area contributed by atoms with Crippen molar-refractivity contribution in [1.82, 2.24) is 10.2 Å². The van der Waals surface area contributed by atoms with E-state index >= 15 is 0 Å². The minimum absolute atomic E-state index is 0.0784. The van der Waals surface area contributed by atoms with E-state index in [0.29, 0.717) is 26.1 Å². The lowest BCUT2D eigenvalue weighted by Gasteiger charge is -2.31. The Kier molecular flexibility index (Phi) is 5.03. The van der Waals surface area contributed by atoms with E-state index < -0.39 is 5.97 Å². The van der Waals surface area contributed by atoms with Gasteiger partial charge in [-0.25, -0.2) is 4.79 Å². The fourth-order valence-corrected chi connectivity index (χ4v) is 2.45. The number of rotatable bonds is 5. The Labute approximate surface area is 117 Å². The van der Waals surface area contributed by atoms with Gasteiger partial charge in [0.1, 0.15) is 5.76 Å². The highest BCUT2D eigenvalue weighted by Gasteiger charge is 2.23. The quantitative estimate of drug-likeness (QED) is 0.860. The summed E-state index contributed by atoms with van der Waals surface area (Å²) in [6.45, 7) is 1.80. The zero-order valence-corrected chi connectivity index (χ0v) is 11.4. The van der Waals surface area contributed by atoms with Gasteiger partial charge in [-0.05, 0) is 30.9 Å². The van der Waals surface area contributed by atoms with Crippen LogP contribution in [0, 0.1) is 5.92 Å².